The standard InChI is InChI=1S/C39H44N4O4S/c1-5-9-31-26(2)18-37(35-25-43(24-34(31)35)48(4,45)46)41-17-15-28-19-38(42(23-29(28)22-41)21-27-10-7-6-8-11-27)39(44)32-14-16-40-36-13-12-30(47-3)20-33(32)36/h6-8,10-14,16,18,20,28-29,38-39,44H,15,17,19,21-25H2,1-4H3/t28-,29+,38+,39+/m0/s1. The van der Waals surface area contributed by atoms with E-state index in [2.05, 4.69) is 63.9 Å². The second-order valence-corrected chi connectivity index (χ2v) is 15.6. The van der Waals surface area contributed by atoms with Crippen molar-refractivity contribution >= 4 is 26.6 Å². The Morgan fingerprint density at radius 1 is 1.04 bits per heavy atom. The number of nitrogens with zero attached hydrogens (tertiary/aromatic N) is 4. The lowest BCUT2D eigenvalue weighted by atomic mass is 9.74. The Morgan fingerprint density at radius 2 is 1.83 bits per heavy atom. The zero-order chi connectivity index (χ0) is 33.6. The highest BCUT2D eigenvalue weighted by molar-refractivity contribution is 7.88. The van der Waals surface area contributed by atoms with Gasteiger partial charge in [0.25, 0.3) is 0 Å². The number of aromatic nitrogens is 1. The maximum absolute atomic E-state index is 12.7. The number of rotatable bonds is 7. The molecule has 1 aromatic heterocycles. The van der Waals surface area contributed by atoms with Crippen molar-refractivity contribution in [3.8, 4) is 17.6 Å². The molecule has 2 saturated heterocycles. The zero-order valence-corrected chi connectivity index (χ0v) is 29.0. The third-order valence-corrected chi connectivity index (χ3v) is 11.9. The van der Waals surface area contributed by atoms with Crippen LogP contribution in [0.4, 0.5) is 5.69 Å². The fourth-order valence-electron chi connectivity index (χ4n) is 8.26. The minimum Gasteiger partial charge on any atom is -0.497 e. The molecule has 8 nitrogen and oxygen atoms in total. The topological polar surface area (TPSA) is 86.2 Å². The fourth-order valence-corrected chi connectivity index (χ4v) is 8.99. The molecule has 1 N–H and O–H groups in total. The maximum atomic E-state index is 12.7. The molecular formula is C39H44N4O4S. The minimum atomic E-state index is -3.35. The van der Waals surface area contributed by atoms with Crippen molar-refractivity contribution in [1.29, 1.82) is 0 Å². The number of aryl methyl sites for hydroxylation is 1. The number of hydrogen-bond donors (Lipinski definition) is 1. The summed E-state index contributed by atoms with van der Waals surface area (Å²) in [5.74, 6) is 7.92. The number of fused-ring (bicyclic) bond motifs is 3. The van der Waals surface area contributed by atoms with Crippen molar-refractivity contribution in [2.45, 2.75) is 58.5 Å². The van der Waals surface area contributed by atoms with Crippen molar-refractivity contribution in [2.24, 2.45) is 11.8 Å². The van der Waals surface area contributed by atoms with Crippen LogP contribution in [0.2, 0.25) is 0 Å². The quantitative estimate of drug-likeness (QED) is 0.256. The third kappa shape index (κ3) is 6.19. The Kier molecular flexibility index (Phi) is 8.94. The van der Waals surface area contributed by atoms with Crippen LogP contribution >= 0.6 is 0 Å². The van der Waals surface area contributed by atoms with E-state index in [0.717, 1.165) is 89.2 Å². The number of aliphatic hydroxyl groups is 1. The van der Waals surface area contributed by atoms with Crippen LogP contribution in [-0.4, -0.2) is 66.8 Å². The minimum absolute atomic E-state index is 0.0588. The molecule has 0 saturated carbocycles. The number of sulfonamides is 1. The summed E-state index contributed by atoms with van der Waals surface area (Å²) in [7, 11) is -1.69. The Labute approximate surface area is 284 Å². The molecule has 48 heavy (non-hydrogen) atoms. The highest BCUT2D eigenvalue weighted by Gasteiger charge is 2.43. The predicted molar refractivity (Wildman–Crippen MR) is 190 cm³/mol. The molecule has 0 bridgehead atoms. The molecule has 7 rings (SSSR count). The van der Waals surface area contributed by atoms with E-state index in [1.807, 2.05) is 37.3 Å². The molecule has 0 radical (unpaired) electrons. The smallest absolute Gasteiger partial charge is 0.211 e. The first-order chi connectivity index (χ1) is 23.1. The van der Waals surface area contributed by atoms with Gasteiger partial charge in [0, 0.05) is 68.1 Å². The van der Waals surface area contributed by atoms with Gasteiger partial charge in [0.05, 0.1) is 25.0 Å². The Bertz CT molecular complexity index is 2010. The van der Waals surface area contributed by atoms with Gasteiger partial charge in [0.2, 0.25) is 10.0 Å². The van der Waals surface area contributed by atoms with Gasteiger partial charge in [-0.25, -0.2) is 8.42 Å². The lowest BCUT2D eigenvalue weighted by molar-refractivity contribution is -0.0250. The summed E-state index contributed by atoms with van der Waals surface area (Å²) >= 11 is 0. The second kappa shape index (κ2) is 13.2. The zero-order valence-electron chi connectivity index (χ0n) is 28.2. The number of piperidine rings is 2. The predicted octanol–water partition coefficient (Wildman–Crippen LogP) is 5.65. The molecule has 250 valence electrons. The highest BCUT2D eigenvalue weighted by atomic mass is 32.2. The number of likely N-dealkylation sites (tertiary alicyclic amines) is 1. The number of benzene rings is 3. The van der Waals surface area contributed by atoms with Crippen LogP contribution in [0.5, 0.6) is 5.75 Å². The molecule has 0 unspecified atom stereocenters. The molecule has 0 aliphatic carbocycles. The van der Waals surface area contributed by atoms with Crippen LogP contribution in [0, 0.1) is 30.6 Å². The van der Waals surface area contributed by atoms with Gasteiger partial charge in [0.1, 0.15) is 5.75 Å². The van der Waals surface area contributed by atoms with Crippen LogP contribution in [0.1, 0.15) is 59.3 Å². The highest BCUT2D eigenvalue weighted by Crippen LogP contribution is 2.44. The largest absolute Gasteiger partial charge is 0.497 e. The van der Waals surface area contributed by atoms with E-state index in [0.29, 0.717) is 24.9 Å². The molecule has 2 fully saturated rings. The molecule has 3 aliphatic rings. The second-order valence-electron chi connectivity index (χ2n) is 13.7. The lowest BCUT2D eigenvalue weighted by Crippen LogP contribution is -2.55. The van der Waals surface area contributed by atoms with E-state index in [4.69, 9.17) is 4.74 Å². The van der Waals surface area contributed by atoms with Crippen LogP contribution < -0.4 is 9.64 Å². The number of aliphatic hydroxyl groups excluding tert-OH is 1. The Hall–Kier alpha value is -3.94. The van der Waals surface area contributed by atoms with Gasteiger partial charge in [-0.1, -0.05) is 36.3 Å². The van der Waals surface area contributed by atoms with Crippen molar-refractivity contribution in [3.05, 3.63) is 100 Å². The van der Waals surface area contributed by atoms with Gasteiger partial charge in [-0.3, -0.25) is 9.88 Å². The third-order valence-electron chi connectivity index (χ3n) is 10.7. The molecule has 3 aromatic carbocycles. The lowest BCUT2D eigenvalue weighted by Gasteiger charge is -2.50. The van der Waals surface area contributed by atoms with Crippen molar-refractivity contribution in [3.63, 3.8) is 0 Å². The fraction of sp³-hybridized carbons (Fsp3) is 0.410. The average molecular weight is 665 g/mol. The van der Waals surface area contributed by atoms with Gasteiger partial charge < -0.3 is 14.7 Å². The van der Waals surface area contributed by atoms with Crippen molar-refractivity contribution in [2.75, 3.05) is 37.9 Å². The van der Waals surface area contributed by atoms with Crippen LogP contribution in [-0.2, 0) is 29.7 Å². The molecule has 4 atom stereocenters. The van der Waals surface area contributed by atoms with Crippen LogP contribution in [0.15, 0.2) is 66.9 Å². The van der Waals surface area contributed by atoms with E-state index < -0.39 is 16.1 Å². The molecular weight excluding hydrogens is 621 g/mol. The summed E-state index contributed by atoms with van der Waals surface area (Å²) < 4.78 is 32.4. The Morgan fingerprint density at radius 3 is 2.58 bits per heavy atom. The summed E-state index contributed by atoms with van der Waals surface area (Å²) in [6, 6.07) is 20.5. The first-order valence-electron chi connectivity index (χ1n) is 16.8. The van der Waals surface area contributed by atoms with Gasteiger partial charge in [-0.05, 0) is 96.7 Å². The Balaban J connectivity index is 1.20. The summed E-state index contributed by atoms with van der Waals surface area (Å²) in [4.78, 5) is 9.54. The van der Waals surface area contributed by atoms with Gasteiger partial charge in [0.15, 0.2) is 0 Å². The monoisotopic (exact) mass is 664 g/mol. The van der Waals surface area contributed by atoms with Gasteiger partial charge in [-0.2, -0.15) is 4.31 Å². The first-order valence-corrected chi connectivity index (χ1v) is 18.7. The van der Waals surface area contributed by atoms with Crippen LogP contribution in [0.3, 0.4) is 0 Å². The average Bonchev–Trinajstić information content (AvgIpc) is 3.55. The number of ether oxygens (including phenoxy) is 1. The first kappa shape index (κ1) is 32.6. The molecule has 0 amide bonds. The number of hydrogen-bond acceptors (Lipinski definition) is 7. The van der Waals surface area contributed by atoms with E-state index in [1.165, 1.54) is 11.8 Å². The maximum Gasteiger partial charge on any atom is 0.211 e. The summed E-state index contributed by atoms with van der Waals surface area (Å²) in [5.41, 5.74) is 8.29. The SMILES string of the molecule is CC#Cc1c(C)cc(N2CC[C@H]3C[C@H]([C@H](O)c4ccnc5ccc(OC)cc45)N(Cc4ccccc4)C[C@H]3C2)c2c1CN(S(C)(=O)=O)C2. The van der Waals surface area contributed by atoms with Crippen molar-refractivity contribution < 1.29 is 18.3 Å². The molecule has 4 aromatic rings. The van der Waals surface area contributed by atoms with Crippen molar-refractivity contribution in [1.82, 2.24) is 14.2 Å². The molecule has 4 heterocycles. The summed E-state index contributed by atoms with van der Waals surface area (Å²) in [6.45, 7) is 8.06. The van der Waals surface area contributed by atoms with Gasteiger partial charge >= 0.3 is 0 Å². The number of anilines is 1. The summed E-state index contributed by atoms with van der Waals surface area (Å²) in [6.07, 6.45) is 4.30. The van der Waals surface area contributed by atoms with Crippen LogP contribution in [0.25, 0.3) is 10.9 Å². The molecule has 3 aliphatic heterocycles. The van der Waals surface area contributed by atoms with E-state index in [-0.39, 0.29) is 6.04 Å². The van der Waals surface area contributed by atoms with E-state index >= 15 is 0 Å². The normalized spacial score (nSPS) is 22.1. The number of methoxy groups -OCH3 is 1. The number of pyridine rings is 1. The summed E-state index contributed by atoms with van der Waals surface area (Å²) in [5, 5.41) is 13.1. The van der Waals surface area contributed by atoms with E-state index in [1.54, 1.807) is 17.6 Å². The van der Waals surface area contributed by atoms with E-state index in [9.17, 15) is 13.5 Å². The molecule has 0 spiro atoms. The molecule has 9 heteroatoms. The van der Waals surface area contributed by atoms with Gasteiger partial charge in [-0.15, -0.1) is 5.92 Å².